The van der Waals surface area contributed by atoms with Crippen molar-refractivity contribution in [2.24, 2.45) is 5.92 Å². The first-order valence-electron chi connectivity index (χ1n) is 7.51. The number of carbonyl (C=O) groups excluding carboxylic acids is 3. The van der Waals surface area contributed by atoms with Crippen LogP contribution < -0.4 is 45.3 Å². The number of aliphatic carboxylic acids is 1. The molecule has 0 saturated carbocycles. The van der Waals surface area contributed by atoms with Crippen LogP contribution >= 0.6 is 11.8 Å². The quantitative estimate of drug-likeness (QED) is 0.493. The number of thioether (sulfide) groups is 1. The largest absolute Gasteiger partial charge is 1.00 e. The molecule has 0 aromatic rings. The number of nitrogens with one attached hydrogen (secondary N) is 2. The van der Waals surface area contributed by atoms with E-state index in [1.807, 2.05) is 0 Å². The van der Waals surface area contributed by atoms with Crippen molar-refractivity contribution < 1.29 is 49.0 Å². The molecule has 118 valence electrons. The van der Waals surface area contributed by atoms with Gasteiger partial charge in [-0.3, -0.25) is 9.59 Å². The van der Waals surface area contributed by atoms with Gasteiger partial charge in [-0.25, -0.2) is 0 Å². The van der Waals surface area contributed by atoms with E-state index in [9.17, 15) is 19.5 Å². The van der Waals surface area contributed by atoms with Crippen LogP contribution in [0.5, 0.6) is 0 Å². The Hall–Kier alpha value is -0.540. The van der Waals surface area contributed by atoms with E-state index in [1.165, 1.54) is 11.8 Å². The number of hydrogen-bond acceptors (Lipinski definition) is 7. The van der Waals surface area contributed by atoms with Crippen molar-refractivity contribution in [2.75, 3.05) is 18.8 Å². The molecule has 7 nitrogen and oxygen atoms in total. The molecular formula is C14H16N3NaO4S. The average Bonchev–Trinajstić information content (AvgIpc) is 2.97. The molecule has 2 N–H and O–H groups in total. The zero-order valence-corrected chi connectivity index (χ0v) is 15.6. The Morgan fingerprint density at radius 1 is 1.35 bits per heavy atom. The Kier molecular flexibility index (Phi) is 4.81. The Labute approximate surface area is 159 Å². The Morgan fingerprint density at radius 3 is 2.78 bits per heavy atom. The molecule has 9 heteroatoms. The van der Waals surface area contributed by atoms with Crippen molar-refractivity contribution in [1.29, 1.82) is 0 Å². The minimum absolute atomic E-state index is 0. The molecular weight excluding hydrogens is 329 g/mol. The van der Waals surface area contributed by atoms with Crippen LogP contribution in [0.25, 0.3) is 0 Å². The molecule has 0 aromatic heterocycles. The first-order chi connectivity index (χ1) is 10.6. The topological polar surface area (TPSA) is 102 Å². The molecule has 4 aliphatic heterocycles. The van der Waals surface area contributed by atoms with E-state index < -0.39 is 17.9 Å². The SMILES string of the molecule is O=C([O-])C1=C(C(=O)N[C@H]2CCSC2=O)C2CCNC3CN1C32.[Na+]. The molecule has 3 unspecified atom stereocenters. The van der Waals surface area contributed by atoms with Gasteiger partial charge in [0.05, 0.1) is 23.8 Å². The summed E-state index contributed by atoms with van der Waals surface area (Å²) >= 11 is 1.21. The van der Waals surface area contributed by atoms with Crippen molar-refractivity contribution in [3.8, 4) is 0 Å². The summed E-state index contributed by atoms with van der Waals surface area (Å²) in [7, 11) is 0. The van der Waals surface area contributed by atoms with Crippen LogP contribution in [-0.2, 0) is 14.4 Å². The molecule has 0 spiro atoms. The van der Waals surface area contributed by atoms with Gasteiger partial charge in [0.25, 0.3) is 0 Å². The van der Waals surface area contributed by atoms with Gasteiger partial charge in [0.15, 0.2) is 0 Å². The maximum atomic E-state index is 12.6. The number of carboxylic acids is 1. The summed E-state index contributed by atoms with van der Waals surface area (Å²) in [4.78, 5) is 37.6. The van der Waals surface area contributed by atoms with Gasteiger partial charge in [0, 0.05) is 29.8 Å². The predicted octanol–water partition coefficient (Wildman–Crippen LogP) is -5.18. The summed E-state index contributed by atoms with van der Waals surface area (Å²) in [5, 5.41) is 17.5. The summed E-state index contributed by atoms with van der Waals surface area (Å²) in [6, 6.07) is -0.225. The van der Waals surface area contributed by atoms with E-state index >= 15 is 0 Å². The van der Waals surface area contributed by atoms with Crippen LogP contribution in [0, 0.1) is 5.92 Å². The first-order valence-corrected chi connectivity index (χ1v) is 8.49. The Bertz CT molecular complexity index is 611. The van der Waals surface area contributed by atoms with Crippen molar-refractivity contribution >= 4 is 28.8 Å². The number of amides is 1. The number of rotatable bonds is 3. The molecule has 4 heterocycles. The van der Waals surface area contributed by atoms with E-state index in [2.05, 4.69) is 10.6 Å². The summed E-state index contributed by atoms with van der Waals surface area (Å²) in [5.74, 6) is -1.11. The maximum Gasteiger partial charge on any atom is 1.00 e. The fraction of sp³-hybridized carbons (Fsp3) is 0.643. The monoisotopic (exact) mass is 345 g/mol. The van der Waals surface area contributed by atoms with E-state index in [0.29, 0.717) is 24.3 Å². The molecule has 23 heavy (non-hydrogen) atoms. The zero-order chi connectivity index (χ0) is 15.4. The molecule has 0 aromatic carbocycles. The van der Waals surface area contributed by atoms with Crippen LogP contribution in [0.3, 0.4) is 0 Å². The van der Waals surface area contributed by atoms with Crippen molar-refractivity contribution in [3.63, 3.8) is 0 Å². The van der Waals surface area contributed by atoms with Gasteiger partial charge in [-0.05, 0) is 19.4 Å². The smallest absolute Gasteiger partial charge is 0.543 e. The molecule has 3 fully saturated rings. The van der Waals surface area contributed by atoms with Crippen LogP contribution in [-0.4, -0.2) is 58.9 Å². The number of carboxylic acid groups (broad SMARTS) is 1. The Morgan fingerprint density at radius 2 is 2.13 bits per heavy atom. The van der Waals surface area contributed by atoms with E-state index in [0.717, 1.165) is 13.0 Å². The second kappa shape index (κ2) is 6.40. The molecule has 1 amide bonds. The third-order valence-electron chi connectivity index (χ3n) is 5.03. The van der Waals surface area contributed by atoms with Gasteiger partial charge in [-0.1, -0.05) is 11.8 Å². The third-order valence-corrected chi connectivity index (χ3v) is 6.04. The number of piperidine rings is 1. The first kappa shape index (κ1) is 17.3. The second-order valence-electron chi connectivity index (χ2n) is 6.13. The zero-order valence-electron chi connectivity index (χ0n) is 12.8. The third kappa shape index (κ3) is 2.64. The van der Waals surface area contributed by atoms with Crippen LogP contribution in [0.4, 0.5) is 0 Å². The van der Waals surface area contributed by atoms with E-state index in [4.69, 9.17) is 0 Å². The van der Waals surface area contributed by atoms with E-state index in [1.54, 1.807) is 4.90 Å². The molecule has 4 aliphatic rings. The van der Waals surface area contributed by atoms with Crippen LogP contribution in [0.15, 0.2) is 11.3 Å². The fourth-order valence-electron chi connectivity index (χ4n) is 4.05. The minimum Gasteiger partial charge on any atom is -0.543 e. The number of hydrogen-bond donors (Lipinski definition) is 2. The second-order valence-corrected chi connectivity index (χ2v) is 7.23. The fourth-order valence-corrected chi connectivity index (χ4v) is 4.98. The molecule has 3 saturated heterocycles. The van der Waals surface area contributed by atoms with Crippen molar-refractivity contribution in [3.05, 3.63) is 11.3 Å². The average molecular weight is 345 g/mol. The number of nitrogens with zero attached hydrogens (tertiary/aromatic N) is 1. The standard InChI is InChI=1S/C14H17N3O4S.Na/c18-12(16-7-2-4-22-14(7)21)9-6-1-3-15-8-5-17(10(6)8)11(9)13(19)20;/h6-8,10,15H,1-5H2,(H,16,18)(H,19,20);/q;+1/p-1/t6?,7-,8?,10?;/m0./s1. The van der Waals surface area contributed by atoms with Gasteiger partial charge in [0.2, 0.25) is 11.0 Å². The molecule has 4 atom stereocenters. The van der Waals surface area contributed by atoms with Gasteiger partial charge in [-0.2, -0.15) is 0 Å². The summed E-state index contributed by atoms with van der Waals surface area (Å²) in [6.45, 7) is 1.37. The van der Waals surface area contributed by atoms with Crippen LogP contribution in [0.1, 0.15) is 12.8 Å². The summed E-state index contributed by atoms with van der Waals surface area (Å²) in [5.41, 5.74) is 0.323. The molecule has 0 radical (unpaired) electrons. The van der Waals surface area contributed by atoms with Gasteiger partial charge in [-0.15, -0.1) is 0 Å². The van der Waals surface area contributed by atoms with Crippen LogP contribution in [0.2, 0.25) is 0 Å². The maximum absolute atomic E-state index is 12.6. The predicted molar refractivity (Wildman–Crippen MR) is 76.4 cm³/mol. The Balaban J connectivity index is 0.00000156. The molecule has 4 rings (SSSR count). The number of carbonyl (C=O) groups is 3. The van der Waals surface area contributed by atoms with E-state index in [-0.39, 0.29) is 58.4 Å². The van der Waals surface area contributed by atoms with Gasteiger partial charge in [0.1, 0.15) is 0 Å². The van der Waals surface area contributed by atoms with Gasteiger partial charge < -0.3 is 25.4 Å². The molecule has 0 bridgehead atoms. The molecule has 0 aliphatic carbocycles. The summed E-state index contributed by atoms with van der Waals surface area (Å²) < 4.78 is 0. The van der Waals surface area contributed by atoms with Crippen molar-refractivity contribution in [2.45, 2.75) is 31.0 Å². The summed E-state index contributed by atoms with van der Waals surface area (Å²) in [6.07, 6.45) is 1.33. The van der Waals surface area contributed by atoms with Crippen molar-refractivity contribution in [1.82, 2.24) is 15.5 Å². The minimum atomic E-state index is -1.30. The van der Waals surface area contributed by atoms with Gasteiger partial charge >= 0.3 is 29.6 Å². The normalized spacial score (nSPS) is 34.6.